The van der Waals surface area contributed by atoms with Gasteiger partial charge in [0.15, 0.2) is 0 Å². The molecule has 3 aromatic carbocycles. The maximum absolute atomic E-state index is 4.71. The molecule has 0 N–H and O–H groups in total. The molecule has 0 saturated carbocycles. The number of hydrogen-bond donors (Lipinski definition) is 0. The van der Waals surface area contributed by atoms with Crippen LogP contribution in [-0.4, -0.2) is 4.98 Å². The van der Waals surface area contributed by atoms with Gasteiger partial charge in [0, 0.05) is 23.2 Å². The Morgan fingerprint density at radius 2 is 1.52 bits per heavy atom. The number of aromatic nitrogens is 1. The summed E-state index contributed by atoms with van der Waals surface area (Å²) >= 11 is 0. The van der Waals surface area contributed by atoms with Crippen molar-refractivity contribution in [2.24, 2.45) is 0 Å². The van der Waals surface area contributed by atoms with Crippen molar-refractivity contribution in [2.45, 2.75) is 45.4 Å². The van der Waals surface area contributed by atoms with E-state index in [1.54, 1.807) is 0 Å². The SMILES string of the molecule is CC(Cc1ccc2ccc(C(C)(C)C)cc2c1)c1cc2ccccc2cn1. The Hall–Kier alpha value is -2.67. The van der Waals surface area contributed by atoms with Gasteiger partial charge in [-0.3, -0.25) is 4.98 Å². The second kappa shape index (κ2) is 6.81. The third-order valence-electron chi connectivity index (χ3n) is 5.47. The number of nitrogens with zero attached hydrogens (tertiary/aromatic N) is 1. The smallest absolute Gasteiger partial charge is 0.0441 e. The van der Waals surface area contributed by atoms with Crippen molar-refractivity contribution in [2.75, 3.05) is 0 Å². The molecule has 0 fully saturated rings. The summed E-state index contributed by atoms with van der Waals surface area (Å²) in [7, 11) is 0. The average Bonchev–Trinajstić information content (AvgIpc) is 2.66. The van der Waals surface area contributed by atoms with E-state index in [1.165, 1.54) is 32.7 Å². The molecule has 27 heavy (non-hydrogen) atoms. The standard InChI is InChI=1S/C26H27N/c1-18(25-16-21-7-5-6-8-22(21)17-27-25)13-19-9-10-20-11-12-24(26(2,3)4)15-23(20)14-19/h5-12,14-18H,13H2,1-4H3. The summed E-state index contributed by atoms with van der Waals surface area (Å²) in [6, 6.07) is 24.4. The third-order valence-corrected chi connectivity index (χ3v) is 5.47. The van der Waals surface area contributed by atoms with E-state index in [9.17, 15) is 0 Å². The Kier molecular flexibility index (Phi) is 4.47. The van der Waals surface area contributed by atoms with Crippen molar-refractivity contribution < 1.29 is 0 Å². The van der Waals surface area contributed by atoms with Gasteiger partial charge in [0.05, 0.1) is 0 Å². The molecule has 0 aliphatic heterocycles. The molecule has 1 heterocycles. The van der Waals surface area contributed by atoms with Crippen molar-refractivity contribution in [1.29, 1.82) is 0 Å². The summed E-state index contributed by atoms with van der Waals surface area (Å²) in [6.45, 7) is 9.08. The Bertz CT molecular complexity index is 1100. The summed E-state index contributed by atoms with van der Waals surface area (Å²) in [6.07, 6.45) is 3.00. The van der Waals surface area contributed by atoms with Gasteiger partial charge in [-0.2, -0.15) is 0 Å². The van der Waals surface area contributed by atoms with Crippen LogP contribution in [-0.2, 0) is 11.8 Å². The molecule has 1 nitrogen and oxygen atoms in total. The minimum absolute atomic E-state index is 0.173. The van der Waals surface area contributed by atoms with E-state index >= 15 is 0 Å². The molecule has 1 unspecified atom stereocenters. The van der Waals surface area contributed by atoms with E-state index < -0.39 is 0 Å². The zero-order valence-corrected chi connectivity index (χ0v) is 16.7. The number of rotatable bonds is 3. The van der Waals surface area contributed by atoms with Gasteiger partial charge in [-0.1, -0.05) is 88.4 Å². The van der Waals surface area contributed by atoms with E-state index in [0.717, 1.165) is 12.1 Å². The second-order valence-corrected chi connectivity index (χ2v) is 8.71. The van der Waals surface area contributed by atoms with Gasteiger partial charge in [0.25, 0.3) is 0 Å². The quantitative estimate of drug-likeness (QED) is 0.385. The van der Waals surface area contributed by atoms with Crippen molar-refractivity contribution >= 4 is 21.5 Å². The molecular formula is C26H27N. The van der Waals surface area contributed by atoms with Gasteiger partial charge in [-0.05, 0) is 45.2 Å². The second-order valence-electron chi connectivity index (χ2n) is 8.71. The molecule has 1 atom stereocenters. The fourth-order valence-electron chi connectivity index (χ4n) is 3.72. The van der Waals surface area contributed by atoms with Gasteiger partial charge in [0.2, 0.25) is 0 Å². The highest BCUT2D eigenvalue weighted by Gasteiger charge is 2.14. The van der Waals surface area contributed by atoms with Crippen LogP contribution in [0.5, 0.6) is 0 Å². The fourth-order valence-corrected chi connectivity index (χ4v) is 3.72. The van der Waals surface area contributed by atoms with Crippen LogP contribution < -0.4 is 0 Å². The molecule has 0 aliphatic carbocycles. The minimum atomic E-state index is 0.173. The monoisotopic (exact) mass is 353 g/mol. The summed E-state index contributed by atoms with van der Waals surface area (Å²) in [5.74, 6) is 0.387. The molecule has 136 valence electrons. The van der Waals surface area contributed by atoms with E-state index in [1.807, 2.05) is 6.20 Å². The maximum atomic E-state index is 4.71. The normalized spacial score (nSPS) is 13.2. The topological polar surface area (TPSA) is 12.9 Å². The third kappa shape index (κ3) is 3.73. The van der Waals surface area contributed by atoms with Crippen molar-refractivity contribution in [3.63, 3.8) is 0 Å². The summed E-state index contributed by atoms with van der Waals surface area (Å²) in [5.41, 5.74) is 4.09. The average molecular weight is 354 g/mol. The van der Waals surface area contributed by atoms with Crippen molar-refractivity contribution in [1.82, 2.24) is 4.98 Å². The van der Waals surface area contributed by atoms with Crippen LogP contribution >= 0.6 is 0 Å². The molecule has 0 aliphatic rings. The van der Waals surface area contributed by atoms with Crippen LogP contribution in [0.15, 0.2) is 72.9 Å². The first kappa shape index (κ1) is 17.7. The van der Waals surface area contributed by atoms with Crippen LogP contribution in [0.3, 0.4) is 0 Å². The minimum Gasteiger partial charge on any atom is -0.260 e. The van der Waals surface area contributed by atoms with Crippen LogP contribution in [0.4, 0.5) is 0 Å². The van der Waals surface area contributed by atoms with Crippen LogP contribution in [0.1, 0.15) is 50.4 Å². The molecular weight excluding hydrogens is 326 g/mol. The van der Waals surface area contributed by atoms with Gasteiger partial charge >= 0.3 is 0 Å². The number of benzene rings is 3. The maximum Gasteiger partial charge on any atom is 0.0441 e. The van der Waals surface area contributed by atoms with Crippen LogP contribution in [0.2, 0.25) is 0 Å². The number of hydrogen-bond acceptors (Lipinski definition) is 1. The number of fused-ring (bicyclic) bond motifs is 2. The molecule has 0 amide bonds. The molecule has 0 saturated heterocycles. The predicted octanol–water partition coefficient (Wildman–Crippen LogP) is 7.03. The van der Waals surface area contributed by atoms with Crippen LogP contribution in [0, 0.1) is 0 Å². The molecule has 1 heteroatoms. The molecule has 1 aromatic heterocycles. The van der Waals surface area contributed by atoms with E-state index in [2.05, 4.69) is 94.4 Å². The number of pyridine rings is 1. The van der Waals surface area contributed by atoms with Gasteiger partial charge in [0.1, 0.15) is 0 Å². The van der Waals surface area contributed by atoms with Gasteiger partial charge < -0.3 is 0 Å². The lowest BCUT2D eigenvalue weighted by Gasteiger charge is -2.20. The van der Waals surface area contributed by atoms with E-state index in [-0.39, 0.29) is 5.41 Å². The van der Waals surface area contributed by atoms with Gasteiger partial charge in [-0.25, -0.2) is 0 Å². The first-order valence-electron chi connectivity index (χ1n) is 9.78. The largest absolute Gasteiger partial charge is 0.260 e. The van der Waals surface area contributed by atoms with Gasteiger partial charge in [-0.15, -0.1) is 0 Å². The lowest BCUT2D eigenvalue weighted by Crippen LogP contribution is -2.10. The zero-order valence-electron chi connectivity index (χ0n) is 16.7. The highest BCUT2D eigenvalue weighted by atomic mass is 14.7. The Morgan fingerprint density at radius 1 is 0.778 bits per heavy atom. The molecule has 0 radical (unpaired) electrons. The van der Waals surface area contributed by atoms with Crippen molar-refractivity contribution in [3.05, 3.63) is 89.7 Å². The summed E-state index contributed by atoms with van der Waals surface area (Å²) < 4.78 is 0. The highest BCUT2D eigenvalue weighted by Crippen LogP contribution is 2.28. The fraction of sp³-hybridized carbons (Fsp3) is 0.269. The first-order chi connectivity index (χ1) is 12.9. The van der Waals surface area contributed by atoms with Crippen molar-refractivity contribution in [3.8, 4) is 0 Å². The zero-order chi connectivity index (χ0) is 19.0. The molecule has 0 spiro atoms. The Balaban J connectivity index is 1.63. The summed E-state index contributed by atoms with van der Waals surface area (Å²) in [5, 5.41) is 5.11. The summed E-state index contributed by atoms with van der Waals surface area (Å²) in [4.78, 5) is 4.71. The molecule has 0 bridgehead atoms. The first-order valence-corrected chi connectivity index (χ1v) is 9.78. The highest BCUT2D eigenvalue weighted by molar-refractivity contribution is 5.84. The Labute approximate surface area is 162 Å². The molecule has 4 rings (SSSR count). The van der Waals surface area contributed by atoms with Crippen LogP contribution in [0.25, 0.3) is 21.5 Å². The molecule has 4 aromatic rings. The lowest BCUT2D eigenvalue weighted by molar-refractivity contribution is 0.591. The Morgan fingerprint density at radius 3 is 2.30 bits per heavy atom. The predicted molar refractivity (Wildman–Crippen MR) is 117 cm³/mol. The van der Waals surface area contributed by atoms with E-state index in [0.29, 0.717) is 5.92 Å². The van der Waals surface area contributed by atoms with E-state index in [4.69, 9.17) is 4.98 Å². The lowest BCUT2D eigenvalue weighted by atomic mass is 9.85.